The predicted molar refractivity (Wildman–Crippen MR) is 86.5 cm³/mol. The van der Waals surface area contributed by atoms with Gasteiger partial charge >= 0.3 is 5.97 Å². The predicted octanol–water partition coefficient (Wildman–Crippen LogP) is 1.34. The highest BCUT2D eigenvalue weighted by atomic mass is 16.5. The van der Waals surface area contributed by atoms with Crippen LogP contribution in [0.15, 0.2) is 0 Å². The Morgan fingerprint density at radius 1 is 1.10 bits per heavy atom. The molecule has 5 nitrogen and oxygen atoms in total. The molecule has 0 bridgehead atoms. The van der Waals surface area contributed by atoms with Crippen molar-refractivity contribution in [1.82, 2.24) is 15.1 Å². The van der Waals surface area contributed by atoms with Crippen molar-refractivity contribution in [3.05, 3.63) is 0 Å². The number of carbonyl (C=O) groups is 1. The maximum atomic E-state index is 12.2. The van der Waals surface area contributed by atoms with Gasteiger partial charge in [-0.1, -0.05) is 13.8 Å². The SMILES string of the molecule is CCCN1CCN(CCC(C)(NCC)C(=O)OCC)CC1. The van der Waals surface area contributed by atoms with E-state index in [0.29, 0.717) is 6.61 Å². The summed E-state index contributed by atoms with van der Waals surface area (Å²) < 4.78 is 5.22. The first kappa shape index (κ1) is 18.4. The topological polar surface area (TPSA) is 44.8 Å². The summed E-state index contributed by atoms with van der Waals surface area (Å²) in [5.41, 5.74) is -0.564. The molecular weight excluding hydrogens is 266 g/mol. The maximum absolute atomic E-state index is 12.2. The minimum absolute atomic E-state index is 0.128. The van der Waals surface area contributed by atoms with Gasteiger partial charge in [0.1, 0.15) is 5.54 Å². The molecule has 1 N–H and O–H groups in total. The van der Waals surface area contributed by atoms with Gasteiger partial charge in [-0.05, 0) is 39.8 Å². The van der Waals surface area contributed by atoms with E-state index in [0.717, 1.165) is 45.7 Å². The van der Waals surface area contributed by atoms with Gasteiger partial charge in [-0.15, -0.1) is 0 Å². The van der Waals surface area contributed by atoms with Gasteiger partial charge in [-0.3, -0.25) is 4.79 Å². The molecule has 0 saturated carbocycles. The highest BCUT2D eigenvalue weighted by Crippen LogP contribution is 2.14. The number of hydrogen-bond acceptors (Lipinski definition) is 5. The third-order valence-electron chi connectivity index (χ3n) is 4.23. The Labute approximate surface area is 130 Å². The lowest BCUT2D eigenvalue weighted by Crippen LogP contribution is -2.54. The molecule has 0 radical (unpaired) electrons. The average molecular weight is 299 g/mol. The van der Waals surface area contributed by atoms with Crippen LogP contribution >= 0.6 is 0 Å². The lowest BCUT2D eigenvalue weighted by molar-refractivity contribution is -0.151. The highest BCUT2D eigenvalue weighted by Gasteiger charge is 2.34. The summed E-state index contributed by atoms with van der Waals surface area (Å²) in [5.74, 6) is -0.128. The average Bonchev–Trinajstić information content (AvgIpc) is 2.47. The third-order valence-corrected chi connectivity index (χ3v) is 4.23. The summed E-state index contributed by atoms with van der Waals surface area (Å²) in [6.45, 7) is 15.9. The minimum Gasteiger partial charge on any atom is -0.465 e. The van der Waals surface area contributed by atoms with Crippen molar-refractivity contribution < 1.29 is 9.53 Å². The van der Waals surface area contributed by atoms with Crippen LogP contribution in [-0.2, 0) is 9.53 Å². The van der Waals surface area contributed by atoms with Crippen LogP contribution in [0.3, 0.4) is 0 Å². The normalized spacial score (nSPS) is 20.2. The van der Waals surface area contributed by atoms with Gasteiger partial charge in [0.05, 0.1) is 6.61 Å². The molecule has 0 aliphatic carbocycles. The van der Waals surface area contributed by atoms with Crippen LogP contribution in [-0.4, -0.2) is 73.7 Å². The standard InChI is InChI=1S/C16H33N3O2/c1-5-9-18-11-13-19(14-12-18)10-8-16(4,17-6-2)15(20)21-7-3/h17H,5-14H2,1-4H3. The molecule has 0 aromatic heterocycles. The molecule has 1 aliphatic rings. The zero-order valence-corrected chi connectivity index (χ0v) is 14.3. The first-order chi connectivity index (χ1) is 10.1. The molecule has 0 aromatic carbocycles. The van der Waals surface area contributed by atoms with Crippen molar-refractivity contribution in [3.63, 3.8) is 0 Å². The van der Waals surface area contributed by atoms with Crippen LogP contribution in [0, 0.1) is 0 Å². The third kappa shape index (κ3) is 5.93. The lowest BCUT2D eigenvalue weighted by atomic mass is 9.97. The van der Waals surface area contributed by atoms with Crippen molar-refractivity contribution in [1.29, 1.82) is 0 Å². The van der Waals surface area contributed by atoms with E-state index in [9.17, 15) is 4.79 Å². The zero-order chi connectivity index (χ0) is 15.7. The van der Waals surface area contributed by atoms with Crippen LogP contribution in [0.1, 0.15) is 40.5 Å². The fourth-order valence-electron chi connectivity index (χ4n) is 2.88. The molecule has 124 valence electrons. The number of ether oxygens (including phenoxy) is 1. The first-order valence-corrected chi connectivity index (χ1v) is 8.42. The molecule has 5 heteroatoms. The molecule has 1 rings (SSSR count). The Hall–Kier alpha value is -0.650. The maximum Gasteiger partial charge on any atom is 0.326 e. The van der Waals surface area contributed by atoms with E-state index < -0.39 is 5.54 Å². The van der Waals surface area contributed by atoms with E-state index in [-0.39, 0.29) is 5.97 Å². The quantitative estimate of drug-likeness (QED) is 0.651. The molecular formula is C16H33N3O2. The zero-order valence-electron chi connectivity index (χ0n) is 14.3. The number of esters is 1. The number of nitrogens with zero attached hydrogens (tertiary/aromatic N) is 2. The lowest BCUT2D eigenvalue weighted by Gasteiger charge is -2.36. The molecule has 1 atom stereocenters. The summed E-state index contributed by atoms with van der Waals surface area (Å²) in [7, 11) is 0. The van der Waals surface area contributed by atoms with E-state index in [1.165, 1.54) is 13.0 Å². The molecule has 0 spiro atoms. The van der Waals surface area contributed by atoms with E-state index >= 15 is 0 Å². The van der Waals surface area contributed by atoms with Gasteiger partial charge < -0.3 is 19.9 Å². The van der Waals surface area contributed by atoms with E-state index in [1.54, 1.807) is 0 Å². The first-order valence-electron chi connectivity index (χ1n) is 8.42. The molecule has 0 aromatic rings. The van der Waals surface area contributed by atoms with Crippen molar-refractivity contribution in [2.45, 2.75) is 46.1 Å². The Bertz CT molecular complexity index is 304. The Kier molecular flexibility index (Phi) is 8.22. The molecule has 0 amide bonds. The van der Waals surface area contributed by atoms with Crippen LogP contribution in [0.25, 0.3) is 0 Å². The molecule has 1 fully saturated rings. The molecule has 1 aliphatic heterocycles. The highest BCUT2D eigenvalue weighted by molar-refractivity contribution is 5.80. The molecule has 1 saturated heterocycles. The van der Waals surface area contributed by atoms with Gasteiger partial charge in [0.25, 0.3) is 0 Å². The number of rotatable bonds is 9. The van der Waals surface area contributed by atoms with Crippen molar-refractivity contribution >= 4 is 5.97 Å². The van der Waals surface area contributed by atoms with Crippen LogP contribution < -0.4 is 5.32 Å². The monoisotopic (exact) mass is 299 g/mol. The second-order valence-corrected chi connectivity index (χ2v) is 6.02. The van der Waals surface area contributed by atoms with Crippen LogP contribution in [0.4, 0.5) is 0 Å². The summed E-state index contributed by atoms with van der Waals surface area (Å²) >= 11 is 0. The van der Waals surface area contributed by atoms with E-state index in [4.69, 9.17) is 4.74 Å². The number of likely N-dealkylation sites (N-methyl/N-ethyl adjacent to an activating group) is 1. The van der Waals surface area contributed by atoms with Crippen molar-refractivity contribution in [3.8, 4) is 0 Å². The summed E-state index contributed by atoms with van der Waals surface area (Å²) in [5, 5.41) is 3.30. The van der Waals surface area contributed by atoms with Crippen molar-refractivity contribution in [2.75, 3.05) is 52.4 Å². The smallest absolute Gasteiger partial charge is 0.326 e. The van der Waals surface area contributed by atoms with E-state index in [2.05, 4.69) is 22.0 Å². The second kappa shape index (κ2) is 9.38. The largest absolute Gasteiger partial charge is 0.465 e. The van der Waals surface area contributed by atoms with Gasteiger partial charge in [0.2, 0.25) is 0 Å². The summed E-state index contributed by atoms with van der Waals surface area (Å²) in [6, 6.07) is 0. The number of carbonyl (C=O) groups excluding carboxylic acids is 1. The Balaban J connectivity index is 2.42. The van der Waals surface area contributed by atoms with Gasteiger partial charge in [0, 0.05) is 32.7 Å². The summed E-state index contributed by atoms with van der Waals surface area (Å²) in [4.78, 5) is 17.1. The molecule has 1 unspecified atom stereocenters. The van der Waals surface area contributed by atoms with Gasteiger partial charge in [0.15, 0.2) is 0 Å². The Morgan fingerprint density at radius 2 is 1.67 bits per heavy atom. The number of nitrogens with one attached hydrogen (secondary N) is 1. The molecule has 1 heterocycles. The van der Waals surface area contributed by atoms with Crippen LogP contribution in [0.2, 0.25) is 0 Å². The number of hydrogen-bond donors (Lipinski definition) is 1. The second-order valence-electron chi connectivity index (χ2n) is 6.02. The van der Waals surface area contributed by atoms with E-state index in [1.807, 2.05) is 20.8 Å². The summed E-state index contributed by atoms with van der Waals surface area (Å²) in [6.07, 6.45) is 2.02. The van der Waals surface area contributed by atoms with Gasteiger partial charge in [-0.25, -0.2) is 0 Å². The molecule has 21 heavy (non-hydrogen) atoms. The Morgan fingerprint density at radius 3 is 2.14 bits per heavy atom. The fraction of sp³-hybridized carbons (Fsp3) is 0.938. The number of piperazine rings is 1. The minimum atomic E-state index is -0.564. The van der Waals surface area contributed by atoms with Gasteiger partial charge in [-0.2, -0.15) is 0 Å². The fourth-order valence-corrected chi connectivity index (χ4v) is 2.88. The van der Waals surface area contributed by atoms with Crippen molar-refractivity contribution in [2.24, 2.45) is 0 Å². The van der Waals surface area contributed by atoms with Crippen LogP contribution in [0.5, 0.6) is 0 Å².